The Labute approximate surface area is 201 Å². The highest BCUT2D eigenvalue weighted by Gasteiger charge is 2.52. The van der Waals surface area contributed by atoms with Crippen molar-refractivity contribution in [1.82, 2.24) is 5.32 Å². The van der Waals surface area contributed by atoms with Crippen molar-refractivity contribution in [3.63, 3.8) is 0 Å². The topological polar surface area (TPSA) is 126 Å². The molecule has 1 amide bonds. The van der Waals surface area contributed by atoms with Gasteiger partial charge in [-0.15, -0.1) is 5.73 Å². The quantitative estimate of drug-likeness (QED) is 0.171. The average molecular weight is 484 g/mol. The van der Waals surface area contributed by atoms with Crippen LogP contribution in [0.15, 0.2) is 18.4 Å². The maximum absolute atomic E-state index is 12.3. The summed E-state index contributed by atoms with van der Waals surface area (Å²) in [7, 11) is 0. The largest absolute Gasteiger partial charge is 0.456 e. The SMILES string of the molecule is C=C=CCO[C@@H]1O[C@H](CNC(=O)CCCCCCC)[C@@H](OC(C)=O)[C@H](OC(C)=O)[C@H]1OC(C)=O. The Bertz CT molecular complexity index is 732. The van der Waals surface area contributed by atoms with Crippen LogP contribution in [0.4, 0.5) is 0 Å². The van der Waals surface area contributed by atoms with Crippen LogP contribution in [0.3, 0.4) is 0 Å². The highest BCUT2D eigenvalue weighted by atomic mass is 16.7. The van der Waals surface area contributed by atoms with E-state index in [2.05, 4.69) is 24.6 Å². The van der Waals surface area contributed by atoms with Crippen LogP contribution in [0.5, 0.6) is 0 Å². The summed E-state index contributed by atoms with van der Waals surface area (Å²) in [4.78, 5) is 47.7. The highest BCUT2D eigenvalue weighted by molar-refractivity contribution is 5.75. The Balaban J connectivity index is 3.04. The minimum absolute atomic E-state index is 0.0216. The molecule has 0 bridgehead atoms. The van der Waals surface area contributed by atoms with E-state index in [1.807, 2.05) is 0 Å². The molecule has 0 aromatic rings. The predicted molar refractivity (Wildman–Crippen MR) is 121 cm³/mol. The minimum atomic E-state index is -1.22. The van der Waals surface area contributed by atoms with Crippen molar-refractivity contribution in [3.05, 3.63) is 18.4 Å². The summed E-state index contributed by atoms with van der Waals surface area (Å²) >= 11 is 0. The lowest BCUT2D eigenvalue weighted by Gasteiger charge is -2.44. The zero-order valence-electron chi connectivity index (χ0n) is 20.5. The summed E-state index contributed by atoms with van der Waals surface area (Å²) in [5.41, 5.74) is 2.55. The Kier molecular flexibility index (Phi) is 13.8. The lowest BCUT2D eigenvalue weighted by Crippen LogP contribution is -2.63. The number of carbonyl (C=O) groups excluding carboxylic acids is 4. The molecule has 1 aliphatic heterocycles. The van der Waals surface area contributed by atoms with Gasteiger partial charge in [0.15, 0.2) is 24.6 Å². The van der Waals surface area contributed by atoms with E-state index in [0.717, 1.165) is 32.1 Å². The Morgan fingerprint density at radius 3 is 2.09 bits per heavy atom. The van der Waals surface area contributed by atoms with E-state index < -0.39 is 48.6 Å². The van der Waals surface area contributed by atoms with Gasteiger partial charge in [0.2, 0.25) is 5.91 Å². The van der Waals surface area contributed by atoms with Gasteiger partial charge in [-0.1, -0.05) is 39.2 Å². The molecule has 0 aliphatic carbocycles. The van der Waals surface area contributed by atoms with Gasteiger partial charge in [-0.3, -0.25) is 19.2 Å². The first kappa shape index (κ1) is 29.4. The third-order valence-electron chi connectivity index (χ3n) is 4.99. The second kappa shape index (κ2) is 16.0. The standard InChI is InChI=1S/C24H37NO9/c1-6-8-10-11-12-13-20(29)25-15-19-21(31-16(3)26)22(32-17(4)27)23(33-18(5)28)24(34-19)30-14-9-7-2/h9,19,21-24H,2,6,8,10-15H2,1,3-5H3,(H,25,29)/t19-,21-,22+,23-,24-/m1/s1. The van der Waals surface area contributed by atoms with Crippen molar-refractivity contribution in [3.8, 4) is 0 Å². The summed E-state index contributed by atoms with van der Waals surface area (Å²) in [5, 5.41) is 2.77. The number of carbonyl (C=O) groups is 4. The summed E-state index contributed by atoms with van der Waals surface area (Å²) in [6.07, 6.45) is 1.21. The van der Waals surface area contributed by atoms with Crippen molar-refractivity contribution < 1.29 is 42.9 Å². The second-order valence-electron chi connectivity index (χ2n) is 7.97. The average Bonchev–Trinajstić information content (AvgIpc) is 2.75. The van der Waals surface area contributed by atoms with Crippen LogP contribution in [0.25, 0.3) is 0 Å². The molecule has 1 rings (SSSR count). The van der Waals surface area contributed by atoms with Crippen LogP contribution in [-0.2, 0) is 42.9 Å². The van der Waals surface area contributed by atoms with Gasteiger partial charge in [0, 0.05) is 33.7 Å². The number of unbranched alkanes of at least 4 members (excludes halogenated alkanes) is 4. The normalized spacial score (nSPS) is 23.8. The number of nitrogens with one attached hydrogen (secondary N) is 1. The molecule has 10 heteroatoms. The fourth-order valence-electron chi connectivity index (χ4n) is 3.55. The molecule has 5 atom stereocenters. The zero-order chi connectivity index (χ0) is 25.5. The molecule has 0 spiro atoms. The fourth-order valence-corrected chi connectivity index (χ4v) is 3.55. The monoisotopic (exact) mass is 483 g/mol. The smallest absolute Gasteiger partial charge is 0.303 e. The van der Waals surface area contributed by atoms with E-state index in [4.69, 9.17) is 23.7 Å². The Hall–Kier alpha value is -2.68. The number of rotatable bonds is 14. The van der Waals surface area contributed by atoms with E-state index in [0.29, 0.717) is 6.42 Å². The van der Waals surface area contributed by atoms with E-state index >= 15 is 0 Å². The van der Waals surface area contributed by atoms with E-state index in [9.17, 15) is 19.2 Å². The van der Waals surface area contributed by atoms with Crippen LogP contribution in [0, 0.1) is 0 Å². The Morgan fingerprint density at radius 1 is 0.912 bits per heavy atom. The first-order chi connectivity index (χ1) is 16.2. The van der Waals surface area contributed by atoms with Crippen LogP contribution >= 0.6 is 0 Å². The van der Waals surface area contributed by atoms with E-state index in [-0.39, 0.29) is 19.1 Å². The molecule has 0 aromatic carbocycles. The molecule has 192 valence electrons. The van der Waals surface area contributed by atoms with Gasteiger partial charge in [-0.25, -0.2) is 0 Å². The van der Waals surface area contributed by atoms with Crippen molar-refractivity contribution in [1.29, 1.82) is 0 Å². The summed E-state index contributed by atoms with van der Waals surface area (Å²) in [6, 6.07) is 0. The number of ether oxygens (including phenoxy) is 5. The van der Waals surface area contributed by atoms with Gasteiger partial charge in [-0.2, -0.15) is 0 Å². The molecule has 34 heavy (non-hydrogen) atoms. The van der Waals surface area contributed by atoms with Crippen LogP contribution < -0.4 is 5.32 Å². The number of hydrogen-bond acceptors (Lipinski definition) is 9. The minimum Gasteiger partial charge on any atom is -0.456 e. The van der Waals surface area contributed by atoms with Crippen molar-refractivity contribution in [2.45, 2.75) is 96.9 Å². The number of hydrogen-bond donors (Lipinski definition) is 1. The maximum atomic E-state index is 12.3. The maximum Gasteiger partial charge on any atom is 0.303 e. The van der Waals surface area contributed by atoms with E-state index in [1.165, 1.54) is 26.8 Å². The first-order valence-corrected chi connectivity index (χ1v) is 11.6. The number of esters is 3. The lowest BCUT2D eigenvalue weighted by molar-refractivity contribution is -0.300. The van der Waals surface area contributed by atoms with Gasteiger partial charge < -0.3 is 29.0 Å². The van der Waals surface area contributed by atoms with Crippen molar-refractivity contribution >= 4 is 23.8 Å². The van der Waals surface area contributed by atoms with Crippen molar-refractivity contribution in [2.75, 3.05) is 13.2 Å². The third kappa shape index (κ3) is 11.0. The summed E-state index contributed by atoms with van der Waals surface area (Å²) in [5.74, 6) is -2.19. The number of amides is 1. The van der Waals surface area contributed by atoms with Crippen LogP contribution in [0.1, 0.15) is 66.2 Å². The molecule has 0 saturated carbocycles. The molecule has 1 aliphatic rings. The molecule has 1 heterocycles. The highest BCUT2D eigenvalue weighted by Crippen LogP contribution is 2.29. The molecule has 0 unspecified atom stereocenters. The second-order valence-corrected chi connectivity index (χ2v) is 7.97. The molecule has 1 saturated heterocycles. The first-order valence-electron chi connectivity index (χ1n) is 11.6. The van der Waals surface area contributed by atoms with Gasteiger partial charge in [-0.05, 0) is 12.5 Å². The molecular formula is C24H37NO9. The van der Waals surface area contributed by atoms with Gasteiger partial charge >= 0.3 is 17.9 Å². The fraction of sp³-hybridized carbons (Fsp3) is 0.708. The van der Waals surface area contributed by atoms with Gasteiger partial charge in [0.25, 0.3) is 0 Å². The zero-order valence-corrected chi connectivity index (χ0v) is 20.5. The molecule has 10 nitrogen and oxygen atoms in total. The molecule has 0 radical (unpaired) electrons. The van der Waals surface area contributed by atoms with E-state index in [1.54, 1.807) is 0 Å². The van der Waals surface area contributed by atoms with Gasteiger partial charge in [0.1, 0.15) is 6.10 Å². The lowest BCUT2D eigenvalue weighted by atomic mass is 9.97. The predicted octanol–water partition coefficient (Wildman–Crippen LogP) is 2.34. The molecular weight excluding hydrogens is 446 g/mol. The van der Waals surface area contributed by atoms with Crippen LogP contribution in [0.2, 0.25) is 0 Å². The molecule has 0 aromatic heterocycles. The Morgan fingerprint density at radius 2 is 1.50 bits per heavy atom. The van der Waals surface area contributed by atoms with Gasteiger partial charge in [0.05, 0.1) is 6.61 Å². The summed E-state index contributed by atoms with van der Waals surface area (Å²) in [6.45, 7) is 9.11. The molecule has 1 N–H and O–H groups in total. The summed E-state index contributed by atoms with van der Waals surface area (Å²) < 4.78 is 27.7. The van der Waals surface area contributed by atoms with Crippen LogP contribution in [-0.4, -0.2) is 67.7 Å². The van der Waals surface area contributed by atoms with Crippen molar-refractivity contribution in [2.24, 2.45) is 0 Å². The molecule has 1 fully saturated rings. The third-order valence-corrected chi connectivity index (χ3v) is 4.99.